The number of benzene rings is 2. The average Bonchev–Trinajstić information content (AvgIpc) is 3.38. The van der Waals surface area contributed by atoms with Gasteiger partial charge in [-0.3, -0.25) is 9.59 Å². The molecule has 0 unspecified atom stereocenters. The van der Waals surface area contributed by atoms with Crippen molar-refractivity contribution in [3.8, 4) is 5.75 Å². The molecule has 0 aliphatic carbocycles. The molecule has 0 saturated heterocycles. The van der Waals surface area contributed by atoms with Crippen molar-refractivity contribution in [3.63, 3.8) is 0 Å². The predicted molar refractivity (Wildman–Crippen MR) is 138 cm³/mol. The monoisotopic (exact) mass is 486 g/mol. The van der Waals surface area contributed by atoms with E-state index in [0.29, 0.717) is 5.52 Å². The lowest BCUT2D eigenvalue weighted by molar-refractivity contribution is 0.480. The third-order valence-corrected chi connectivity index (χ3v) is 7.70. The zero-order valence-corrected chi connectivity index (χ0v) is 20.2. The number of aromatic amines is 2. The Bertz CT molecular complexity index is 1300. The third-order valence-electron chi connectivity index (χ3n) is 5.77. The SMILES string of the molecule is O=c1[nH]c2cccc(CCNCCCCCCNCCc3ccc(O)c4[nH]c(=O)sc34)c2s1. The number of thiazole rings is 2. The van der Waals surface area contributed by atoms with Gasteiger partial charge in [0.1, 0.15) is 11.3 Å². The summed E-state index contributed by atoms with van der Waals surface area (Å²) < 4.78 is 1.94. The van der Waals surface area contributed by atoms with Crippen LogP contribution in [0.4, 0.5) is 0 Å². The molecule has 4 rings (SSSR count). The van der Waals surface area contributed by atoms with Crippen LogP contribution < -0.4 is 20.4 Å². The maximum absolute atomic E-state index is 11.6. The van der Waals surface area contributed by atoms with Crippen molar-refractivity contribution >= 4 is 43.1 Å². The van der Waals surface area contributed by atoms with Gasteiger partial charge in [0.25, 0.3) is 0 Å². The van der Waals surface area contributed by atoms with Gasteiger partial charge in [-0.15, -0.1) is 0 Å². The van der Waals surface area contributed by atoms with Crippen molar-refractivity contribution in [2.75, 3.05) is 26.2 Å². The van der Waals surface area contributed by atoms with Crippen LogP contribution in [0.5, 0.6) is 5.75 Å². The van der Waals surface area contributed by atoms with Crippen LogP contribution in [0, 0.1) is 0 Å². The number of phenolic OH excluding ortho intramolecular Hbond substituents is 1. The van der Waals surface area contributed by atoms with E-state index in [1.54, 1.807) is 6.07 Å². The van der Waals surface area contributed by atoms with Crippen molar-refractivity contribution < 1.29 is 5.11 Å². The molecule has 9 heteroatoms. The van der Waals surface area contributed by atoms with E-state index in [2.05, 4.69) is 26.7 Å². The summed E-state index contributed by atoms with van der Waals surface area (Å²) in [5.74, 6) is 0.130. The van der Waals surface area contributed by atoms with Crippen LogP contribution in [0.3, 0.4) is 0 Å². The molecule has 0 fully saturated rings. The molecule has 2 heterocycles. The molecule has 2 aromatic carbocycles. The van der Waals surface area contributed by atoms with Gasteiger partial charge in [-0.1, -0.05) is 53.7 Å². The highest BCUT2D eigenvalue weighted by atomic mass is 32.1. The number of rotatable bonds is 13. The maximum atomic E-state index is 11.6. The van der Waals surface area contributed by atoms with E-state index in [1.807, 2.05) is 18.2 Å². The predicted octanol–water partition coefficient (Wildman–Crippen LogP) is 3.72. The number of aromatic nitrogens is 2. The molecule has 33 heavy (non-hydrogen) atoms. The van der Waals surface area contributed by atoms with Gasteiger partial charge in [-0.25, -0.2) is 0 Å². The number of unbranched alkanes of at least 4 members (excludes halogenated alkanes) is 3. The molecular formula is C24H30N4O3S2. The Balaban J connectivity index is 1.04. The number of fused-ring (bicyclic) bond motifs is 2. The van der Waals surface area contributed by atoms with Crippen LogP contribution in [-0.4, -0.2) is 41.3 Å². The van der Waals surface area contributed by atoms with E-state index in [-0.39, 0.29) is 15.5 Å². The van der Waals surface area contributed by atoms with Gasteiger partial charge in [0, 0.05) is 0 Å². The van der Waals surface area contributed by atoms with Gasteiger partial charge in [0.2, 0.25) is 0 Å². The first-order valence-electron chi connectivity index (χ1n) is 11.5. The van der Waals surface area contributed by atoms with Crippen molar-refractivity contribution in [2.24, 2.45) is 0 Å². The number of nitrogens with one attached hydrogen (secondary N) is 4. The second kappa shape index (κ2) is 11.6. The van der Waals surface area contributed by atoms with Gasteiger partial charge in [0.05, 0.1) is 14.9 Å². The summed E-state index contributed by atoms with van der Waals surface area (Å²) in [6, 6.07) is 9.61. The number of phenols is 1. The van der Waals surface area contributed by atoms with Crippen molar-refractivity contribution in [3.05, 3.63) is 60.8 Å². The van der Waals surface area contributed by atoms with E-state index in [4.69, 9.17) is 0 Å². The van der Waals surface area contributed by atoms with Gasteiger partial charge < -0.3 is 25.7 Å². The molecule has 4 aromatic rings. The molecule has 0 amide bonds. The van der Waals surface area contributed by atoms with Gasteiger partial charge in [-0.2, -0.15) is 0 Å². The van der Waals surface area contributed by atoms with E-state index < -0.39 is 0 Å². The summed E-state index contributed by atoms with van der Waals surface area (Å²) in [7, 11) is 0. The molecule has 7 nitrogen and oxygen atoms in total. The Morgan fingerprint density at radius 2 is 1.36 bits per heavy atom. The molecule has 5 N–H and O–H groups in total. The first-order valence-corrected chi connectivity index (χ1v) is 13.1. The lowest BCUT2D eigenvalue weighted by Gasteiger charge is -2.07. The minimum absolute atomic E-state index is 0.0107. The lowest BCUT2D eigenvalue weighted by atomic mass is 10.1. The topological polar surface area (TPSA) is 110 Å². The molecule has 0 aliphatic heterocycles. The Hall–Kier alpha value is -2.46. The molecule has 176 valence electrons. The van der Waals surface area contributed by atoms with Crippen molar-refractivity contribution in [1.82, 2.24) is 20.6 Å². The first kappa shape index (κ1) is 23.7. The summed E-state index contributed by atoms with van der Waals surface area (Å²) in [6.45, 7) is 3.79. The summed E-state index contributed by atoms with van der Waals surface area (Å²) in [4.78, 5) is 28.6. The van der Waals surface area contributed by atoms with Crippen LogP contribution in [0.2, 0.25) is 0 Å². The molecule has 0 bridgehead atoms. The molecule has 0 atom stereocenters. The van der Waals surface area contributed by atoms with Crippen LogP contribution in [0.25, 0.3) is 20.4 Å². The third kappa shape index (κ3) is 6.32. The molecule has 0 aliphatic rings. The summed E-state index contributed by atoms with van der Waals surface area (Å²) in [5, 5.41) is 16.9. The van der Waals surface area contributed by atoms with Crippen LogP contribution in [0.1, 0.15) is 36.8 Å². The standard InChI is InChI=1S/C24H30N4O3S2/c29-19-9-8-17(22-20(19)28-24(31)33-22)11-15-26-13-4-2-1-3-12-25-14-10-16-6-5-7-18-21(16)32-23(30)27-18/h5-9,25-26,29H,1-4,10-15H2,(H,27,30)(H,28,31). The average molecular weight is 487 g/mol. The number of hydrogen-bond acceptors (Lipinski definition) is 7. The normalized spacial score (nSPS) is 11.6. The van der Waals surface area contributed by atoms with Crippen LogP contribution in [-0.2, 0) is 12.8 Å². The van der Waals surface area contributed by atoms with Gasteiger partial charge in [-0.05, 0) is 75.1 Å². The molecule has 2 aromatic heterocycles. The van der Waals surface area contributed by atoms with Crippen LogP contribution >= 0.6 is 22.7 Å². The minimum Gasteiger partial charge on any atom is -0.506 e. The lowest BCUT2D eigenvalue weighted by Crippen LogP contribution is -2.19. The largest absolute Gasteiger partial charge is 0.506 e. The van der Waals surface area contributed by atoms with E-state index in [9.17, 15) is 14.7 Å². The molecule has 0 radical (unpaired) electrons. The van der Waals surface area contributed by atoms with E-state index in [1.165, 1.54) is 36.2 Å². The fourth-order valence-corrected chi connectivity index (χ4v) is 5.82. The number of H-pyrrole nitrogens is 2. The Morgan fingerprint density at radius 3 is 2.09 bits per heavy atom. The Morgan fingerprint density at radius 1 is 0.727 bits per heavy atom. The van der Waals surface area contributed by atoms with E-state index in [0.717, 1.165) is 77.3 Å². The molecular weight excluding hydrogens is 456 g/mol. The smallest absolute Gasteiger partial charge is 0.305 e. The second-order valence-electron chi connectivity index (χ2n) is 8.19. The van der Waals surface area contributed by atoms with Gasteiger partial charge in [0.15, 0.2) is 0 Å². The quantitative estimate of drug-likeness (QED) is 0.185. The first-order chi connectivity index (χ1) is 16.1. The van der Waals surface area contributed by atoms with Gasteiger partial charge >= 0.3 is 9.75 Å². The van der Waals surface area contributed by atoms with Crippen LogP contribution in [0.15, 0.2) is 39.9 Å². The zero-order chi connectivity index (χ0) is 23.0. The highest BCUT2D eigenvalue weighted by Gasteiger charge is 2.09. The Kier molecular flexibility index (Phi) is 8.33. The Labute approximate surface area is 199 Å². The zero-order valence-electron chi connectivity index (χ0n) is 18.5. The summed E-state index contributed by atoms with van der Waals surface area (Å²) >= 11 is 2.45. The summed E-state index contributed by atoms with van der Waals surface area (Å²) in [6.07, 6.45) is 6.49. The second-order valence-corrected chi connectivity index (χ2v) is 10.2. The fourth-order valence-electron chi connectivity index (χ4n) is 4.05. The molecule has 0 saturated carbocycles. The fraction of sp³-hybridized carbons (Fsp3) is 0.417. The van der Waals surface area contributed by atoms with Crippen molar-refractivity contribution in [1.29, 1.82) is 0 Å². The highest BCUT2D eigenvalue weighted by Crippen LogP contribution is 2.27. The highest BCUT2D eigenvalue weighted by molar-refractivity contribution is 7.16. The maximum Gasteiger partial charge on any atom is 0.305 e. The number of hydrogen-bond donors (Lipinski definition) is 5. The minimum atomic E-state index is -0.133. The van der Waals surface area contributed by atoms with Crippen molar-refractivity contribution in [2.45, 2.75) is 38.5 Å². The number of aromatic hydroxyl groups is 1. The summed E-state index contributed by atoms with van der Waals surface area (Å²) in [5.41, 5.74) is 3.81. The molecule has 0 spiro atoms. The van der Waals surface area contributed by atoms with E-state index >= 15 is 0 Å².